The van der Waals surface area contributed by atoms with Crippen LogP contribution >= 0.6 is 11.5 Å². The molecule has 1 saturated carbocycles. The second-order valence-electron chi connectivity index (χ2n) is 4.52. The highest BCUT2D eigenvalue weighted by Gasteiger charge is 2.46. The number of rotatable bonds is 1. The molecule has 2 heterocycles. The molecule has 2 fully saturated rings. The molecule has 3 rings (SSSR count). The summed E-state index contributed by atoms with van der Waals surface area (Å²) >= 11 is 1.38. The molecule has 2 aliphatic rings. The molecule has 1 spiro atoms. The Kier molecular flexibility index (Phi) is 2.51. The third-order valence-electron chi connectivity index (χ3n) is 3.57. The van der Waals surface area contributed by atoms with Gasteiger partial charge in [0.1, 0.15) is 5.60 Å². The second kappa shape index (κ2) is 3.77. The molecule has 4 nitrogen and oxygen atoms in total. The van der Waals surface area contributed by atoms with Crippen LogP contribution in [-0.4, -0.2) is 28.5 Å². The van der Waals surface area contributed by atoms with Crippen LogP contribution < -0.4 is 0 Å². The number of nitrogens with zero attached hydrogens (tertiary/aromatic N) is 1. The summed E-state index contributed by atoms with van der Waals surface area (Å²) in [6.45, 7) is 1.35. The van der Waals surface area contributed by atoms with E-state index in [9.17, 15) is 5.11 Å². The predicted octanol–water partition coefficient (Wildman–Crippen LogP) is 1.65. The Balaban J connectivity index is 1.74. The Bertz CT molecular complexity index is 349. The van der Waals surface area contributed by atoms with Gasteiger partial charge >= 0.3 is 0 Å². The van der Waals surface area contributed by atoms with Crippen molar-refractivity contribution in [3.05, 3.63) is 17.1 Å². The highest BCUT2D eigenvalue weighted by Crippen LogP contribution is 2.44. The standard InChI is InChI=1S/C11H15NO3S/c13-10(9-1-8-16-12-9)2-4-11(5-3-10)14-6-7-15-11/h1,8,13H,2-7H2. The second-order valence-corrected chi connectivity index (χ2v) is 5.19. The van der Waals surface area contributed by atoms with Crippen LogP contribution in [0.4, 0.5) is 0 Å². The highest BCUT2D eigenvalue weighted by molar-refractivity contribution is 7.03. The fraction of sp³-hybridized carbons (Fsp3) is 0.727. The highest BCUT2D eigenvalue weighted by atomic mass is 32.1. The molecule has 88 valence electrons. The van der Waals surface area contributed by atoms with E-state index in [0.717, 1.165) is 18.5 Å². The van der Waals surface area contributed by atoms with E-state index in [1.165, 1.54) is 11.5 Å². The summed E-state index contributed by atoms with van der Waals surface area (Å²) in [7, 11) is 0. The van der Waals surface area contributed by atoms with E-state index < -0.39 is 11.4 Å². The van der Waals surface area contributed by atoms with Gasteiger partial charge in [0.15, 0.2) is 5.79 Å². The van der Waals surface area contributed by atoms with Crippen molar-refractivity contribution < 1.29 is 14.6 Å². The Morgan fingerprint density at radius 2 is 1.88 bits per heavy atom. The van der Waals surface area contributed by atoms with Gasteiger partial charge in [0, 0.05) is 18.2 Å². The first-order valence-corrected chi connectivity index (χ1v) is 6.47. The molecule has 1 aliphatic carbocycles. The number of hydrogen-bond acceptors (Lipinski definition) is 5. The molecule has 1 N–H and O–H groups in total. The first kappa shape index (κ1) is 10.7. The maximum Gasteiger partial charge on any atom is 0.168 e. The van der Waals surface area contributed by atoms with Gasteiger partial charge < -0.3 is 14.6 Å². The topological polar surface area (TPSA) is 51.6 Å². The molecule has 16 heavy (non-hydrogen) atoms. The lowest BCUT2D eigenvalue weighted by molar-refractivity contribution is -0.204. The van der Waals surface area contributed by atoms with Crippen LogP contribution in [0.15, 0.2) is 11.4 Å². The minimum Gasteiger partial charge on any atom is -0.384 e. The lowest BCUT2D eigenvalue weighted by Gasteiger charge is -2.39. The average Bonchev–Trinajstić information content (AvgIpc) is 2.96. The zero-order valence-electron chi connectivity index (χ0n) is 9.02. The normalized spacial score (nSPS) is 27.3. The molecule has 0 aromatic carbocycles. The molecule has 1 saturated heterocycles. The number of hydrogen-bond donors (Lipinski definition) is 1. The van der Waals surface area contributed by atoms with Crippen LogP contribution in [0.5, 0.6) is 0 Å². The first-order chi connectivity index (χ1) is 7.73. The van der Waals surface area contributed by atoms with E-state index in [2.05, 4.69) is 4.37 Å². The van der Waals surface area contributed by atoms with Crippen molar-refractivity contribution in [1.82, 2.24) is 4.37 Å². The lowest BCUT2D eigenvalue weighted by Crippen LogP contribution is -2.42. The van der Waals surface area contributed by atoms with Crippen LogP contribution in [0.2, 0.25) is 0 Å². The average molecular weight is 241 g/mol. The van der Waals surface area contributed by atoms with Crippen molar-refractivity contribution in [2.75, 3.05) is 13.2 Å². The van der Waals surface area contributed by atoms with Gasteiger partial charge in [-0.3, -0.25) is 0 Å². The summed E-state index contributed by atoms with van der Waals surface area (Å²) in [5.74, 6) is -0.414. The minimum atomic E-state index is -0.777. The monoisotopic (exact) mass is 241 g/mol. The van der Waals surface area contributed by atoms with Gasteiger partial charge in [0.05, 0.1) is 18.9 Å². The van der Waals surface area contributed by atoms with Gasteiger partial charge in [-0.2, -0.15) is 4.37 Å². The molecular formula is C11H15NO3S. The van der Waals surface area contributed by atoms with Crippen molar-refractivity contribution in [1.29, 1.82) is 0 Å². The predicted molar refractivity (Wildman–Crippen MR) is 59.1 cm³/mol. The van der Waals surface area contributed by atoms with Crippen molar-refractivity contribution >= 4 is 11.5 Å². The van der Waals surface area contributed by atoms with E-state index in [1.54, 1.807) is 0 Å². The molecule has 0 amide bonds. The Morgan fingerprint density at radius 3 is 2.44 bits per heavy atom. The fourth-order valence-electron chi connectivity index (χ4n) is 2.54. The van der Waals surface area contributed by atoms with Crippen molar-refractivity contribution in [2.45, 2.75) is 37.1 Å². The molecule has 0 atom stereocenters. The number of ether oxygens (including phenoxy) is 2. The first-order valence-electron chi connectivity index (χ1n) is 5.64. The maximum atomic E-state index is 10.5. The van der Waals surface area contributed by atoms with Crippen LogP contribution in [0, 0.1) is 0 Å². The smallest absolute Gasteiger partial charge is 0.168 e. The van der Waals surface area contributed by atoms with Gasteiger partial charge in [-0.1, -0.05) is 0 Å². The van der Waals surface area contributed by atoms with Gasteiger partial charge in [-0.05, 0) is 30.4 Å². The van der Waals surface area contributed by atoms with E-state index in [4.69, 9.17) is 9.47 Å². The summed E-state index contributed by atoms with van der Waals surface area (Å²) in [4.78, 5) is 0. The largest absolute Gasteiger partial charge is 0.384 e. The molecule has 5 heteroatoms. The Hall–Kier alpha value is -0.490. The van der Waals surface area contributed by atoms with Crippen molar-refractivity contribution in [2.24, 2.45) is 0 Å². The van der Waals surface area contributed by atoms with E-state index in [1.807, 2.05) is 11.4 Å². The van der Waals surface area contributed by atoms with E-state index in [0.29, 0.717) is 26.1 Å². The molecule has 0 bridgehead atoms. The zero-order valence-corrected chi connectivity index (χ0v) is 9.83. The van der Waals surface area contributed by atoms with Crippen molar-refractivity contribution in [3.63, 3.8) is 0 Å². The summed E-state index contributed by atoms with van der Waals surface area (Å²) in [5.41, 5.74) is 0.0194. The van der Waals surface area contributed by atoms with Gasteiger partial charge in [0.2, 0.25) is 0 Å². The Labute approximate surface area is 98.4 Å². The fourth-order valence-corrected chi connectivity index (χ4v) is 3.13. The van der Waals surface area contributed by atoms with E-state index in [-0.39, 0.29) is 0 Å². The zero-order chi connectivity index (χ0) is 11.1. The molecule has 1 aliphatic heterocycles. The molecule has 1 aromatic rings. The molecule has 0 unspecified atom stereocenters. The Morgan fingerprint density at radius 1 is 1.19 bits per heavy atom. The van der Waals surface area contributed by atoms with Crippen LogP contribution in [0.1, 0.15) is 31.4 Å². The van der Waals surface area contributed by atoms with Crippen LogP contribution in [0.25, 0.3) is 0 Å². The van der Waals surface area contributed by atoms with Crippen LogP contribution in [0.3, 0.4) is 0 Å². The SMILES string of the molecule is OC1(c2ccsn2)CCC2(CC1)OCCO2. The number of aromatic nitrogens is 1. The third kappa shape index (κ3) is 1.68. The van der Waals surface area contributed by atoms with Gasteiger partial charge in [-0.15, -0.1) is 0 Å². The summed E-state index contributed by atoms with van der Waals surface area (Å²) < 4.78 is 15.5. The molecule has 1 aromatic heterocycles. The minimum absolute atomic E-state index is 0.414. The molecule has 0 radical (unpaired) electrons. The number of aliphatic hydroxyl groups is 1. The summed E-state index contributed by atoms with van der Waals surface area (Å²) in [5, 5.41) is 12.4. The molecular weight excluding hydrogens is 226 g/mol. The van der Waals surface area contributed by atoms with Crippen LogP contribution in [-0.2, 0) is 15.1 Å². The van der Waals surface area contributed by atoms with Gasteiger partial charge in [0.25, 0.3) is 0 Å². The maximum absolute atomic E-state index is 10.5. The summed E-state index contributed by atoms with van der Waals surface area (Å²) in [6, 6.07) is 1.90. The van der Waals surface area contributed by atoms with E-state index >= 15 is 0 Å². The van der Waals surface area contributed by atoms with Crippen molar-refractivity contribution in [3.8, 4) is 0 Å². The third-order valence-corrected chi connectivity index (χ3v) is 4.13. The lowest BCUT2D eigenvalue weighted by atomic mass is 9.79. The van der Waals surface area contributed by atoms with Gasteiger partial charge in [-0.25, -0.2) is 0 Å². The quantitative estimate of drug-likeness (QED) is 0.812. The summed E-state index contributed by atoms with van der Waals surface area (Å²) in [6.07, 6.45) is 2.83.